The average molecular weight is 268 g/mol. The van der Waals surface area contributed by atoms with Crippen molar-refractivity contribution in [2.45, 2.75) is 32.6 Å². The molecule has 2 aromatic rings. The monoisotopic (exact) mass is 268 g/mol. The predicted molar refractivity (Wildman–Crippen MR) is 81.0 cm³/mol. The van der Waals surface area contributed by atoms with E-state index in [1.807, 2.05) is 62.4 Å². The van der Waals surface area contributed by atoms with Gasteiger partial charge in [0.05, 0.1) is 5.41 Å². The van der Waals surface area contributed by atoms with Gasteiger partial charge in [0.15, 0.2) is 0 Å². The van der Waals surface area contributed by atoms with Gasteiger partial charge < -0.3 is 5.11 Å². The molecule has 0 fully saturated rings. The zero-order chi connectivity index (χ0) is 14.8. The molecule has 0 aromatic heterocycles. The summed E-state index contributed by atoms with van der Waals surface area (Å²) in [5, 5.41) is 9.69. The van der Waals surface area contributed by atoms with Crippen LogP contribution in [-0.4, -0.2) is 11.1 Å². The molecular formula is C18H20O2. The number of carboxylic acids is 1. The highest BCUT2D eigenvalue weighted by molar-refractivity contribution is 5.81. The molecule has 0 heterocycles. The minimum atomic E-state index is -0.902. The lowest BCUT2D eigenvalue weighted by Gasteiger charge is -2.26. The molecule has 0 bridgehead atoms. The molecule has 1 atom stereocenters. The van der Waals surface area contributed by atoms with E-state index in [1.54, 1.807) is 6.92 Å². The Morgan fingerprint density at radius 1 is 1.05 bits per heavy atom. The van der Waals surface area contributed by atoms with Gasteiger partial charge in [0.1, 0.15) is 0 Å². The molecule has 2 aromatic carbocycles. The van der Waals surface area contributed by atoms with Gasteiger partial charge in [-0.05, 0) is 38.3 Å². The second-order valence-electron chi connectivity index (χ2n) is 5.67. The fourth-order valence-electron chi connectivity index (χ4n) is 2.40. The maximum Gasteiger partial charge on any atom is 0.314 e. The van der Waals surface area contributed by atoms with Gasteiger partial charge in [-0.25, -0.2) is 0 Å². The van der Waals surface area contributed by atoms with E-state index in [0.29, 0.717) is 6.42 Å². The van der Waals surface area contributed by atoms with Crippen molar-refractivity contribution in [3.63, 3.8) is 0 Å². The van der Waals surface area contributed by atoms with Crippen LogP contribution in [0.1, 0.15) is 29.2 Å². The van der Waals surface area contributed by atoms with Crippen LogP contribution >= 0.6 is 0 Å². The third-order valence-electron chi connectivity index (χ3n) is 3.81. The van der Waals surface area contributed by atoms with Gasteiger partial charge in [0.25, 0.3) is 0 Å². The number of hydrogen-bond acceptors (Lipinski definition) is 1. The van der Waals surface area contributed by atoms with Crippen LogP contribution in [0.3, 0.4) is 0 Å². The first kappa shape index (κ1) is 14.3. The van der Waals surface area contributed by atoms with Gasteiger partial charge in [-0.15, -0.1) is 0 Å². The lowest BCUT2D eigenvalue weighted by Crippen LogP contribution is -2.34. The minimum Gasteiger partial charge on any atom is -0.481 e. The van der Waals surface area contributed by atoms with E-state index in [-0.39, 0.29) is 0 Å². The van der Waals surface area contributed by atoms with Crippen molar-refractivity contribution in [1.29, 1.82) is 0 Å². The van der Waals surface area contributed by atoms with Crippen molar-refractivity contribution in [1.82, 2.24) is 0 Å². The van der Waals surface area contributed by atoms with Crippen LogP contribution in [0.5, 0.6) is 0 Å². The smallest absolute Gasteiger partial charge is 0.314 e. The maximum atomic E-state index is 11.8. The summed E-state index contributed by atoms with van der Waals surface area (Å²) in [5.41, 5.74) is 3.26. The molecule has 0 aliphatic rings. The van der Waals surface area contributed by atoms with Crippen LogP contribution < -0.4 is 0 Å². The highest BCUT2D eigenvalue weighted by Crippen LogP contribution is 2.29. The predicted octanol–water partition coefficient (Wildman–Crippen LogP) is 3.89. The van der Waals surface area contributed by atoms with E-state index in [1.165, 1.54) is 5.56 Å². The Kier molecular flexibility index (Phi) is 3.93. The van der Waals surface area contributed by atoms with Crippen LogP contribution in [0, 0.1) is 13.8 Å². The quantitative estimate of drug-likeness (QED) is 0.913. The zero-order valence-electron chi connectivity index (χ0n) is 12.2. The Morgan fingerprint density at radius 3 is 2.25 bits per heavy atom. The number of carbonyl (C=O) groups is 1. The van der Waals surface area contributed by atoms with Gasteiger partial charge in [-0.1, -0.05) is 59.7 Å². The summed E-state index contributed by atoms with van der Waals surface area (Å²) >= 11 is 0. The Hall–Kier alpha value is -2.09. The van der Waals surface area contributed by atoms with Crippen molar-refractivity contribution in [3.8, 4) is 0 Å². The van der Waals surface area contributed by atoms with Gasteiger partial charge in [-0.3, -0.25) is 4.79 Å². The summed E-state index contributed by atoms with van der Waals surface area (Å²) in [4.78, 5) is 11.8. The number of hydrogen-bond donors (Lipinski definition) is 1. The number of aryl methyl sites for hydroxylation is 2. The molecule has 0 saturated carbocycles. The van der Waals surface area contributed by atoms with E-state index < -0.39 is 11.4 Å². The van der Waals surface area contributed by atoms with Gasteiger partial charge in [-0.2, -0.15) is 0 Å². The van der Waals surface area contributed by atoms with Crippen molar-refractivity contribution >= 4 is 5.97 Å². The van der Waals surface area contributed by atoms with Gasteiger partial charge in [0, 0.05) is 0 Å². The molecule has 1 unspecified atom stereocenters. The van der Waals surface area contributed by atoms with Crippen LogP contribution in [0.25, 0.3) is 0 Å². The number of carboxylic acid groups (broad SMARTS) is 1. The van der Waals surface area contributed by atoms with E-state index in [0.717, 1.165) is 16.7 Å². The first-order chi connectivity index (χ1) is 9.41. The lowest BCUT2D eigenvalue weighted by molar-refractivity contribution is -0.143. The number of benzene rings is 2. The molecule has 1 N–H and O–H groups in total. The first-order valence-electron chi connectivity index (χ1n) is 6.78. The van der Waals surface area contributed by atoms with Crippen molar-refractivity contribution in [3.05, 3.63) is 70.8 Å². The third kappa shape index (κ3) is 2.90. The molecule has 0 aliphatic heterocycles. The molecule has 2 heteroatoms. The SMILES string of the molecule is Cc1ccc(CC(C)(C(=O)O)c2cccc(C)c2)cc1. The highest BCUT2D eigenvalue weighted by atomic mass is 16.4. The van der Waals surface area contributed by atoms with Gasteiger partial charge >= 0.3 is 5.97 Å². The van der Waals surface area contributed by atoms with Crippen molar-refractivity contribution in [2.75, 3.05) is 0 Å². The molecule has 0 spiro atoms. The summed E-state index contributed by atoms with van der Waals surface area (Å²) in [7, 11) is 0. The van der Waals surface area contributed by atoms with E-state index >= 15 is 0 Å². The summed E-state index contributed by atoms with van der Waals surface area (Å²) in [6, 6.07) is 15.8. The average Bonchev–Trinajstić information content (AvgIpc) is 2.41. The lowest BCUT2D eigenvalue weighted by atomic mass is 9.77. The molecular weight excluding hydrogens is 248 g/mol. The third-order valence-corrected chi connectivity index (χ3v) is 3.81. The van der Waals surface area contributed by atoms with Crippen LogP contribution in [-0.2, 0) is 16.6 Å². The largest absolute Gasteiger partial charge is 0.481 e. The highest BCUT2D eigenvalue weighted by Gasteiger charge is 2.35. The van der Waals surface area contributed by atoms with E-state index in [9.17, 15) is 9.90 Å². The molecule has 104 valence electrons. The second kappa shape index (κ2) is 5.49. The second-order valence-corrected chi connectivity index (χ2v) is 5.67. The summed E-state index contributed by atoms with van der Waals surface area (Å²) < 4.78 is 0. The maximum absolute atomic E-state index is 11.8. The Labute approximate surface area is 120 Å². The van der Waals surface area contributed by atoms with E-state index in [2.05, 4.69) is 0 Å². The van der Waals surface area contributed by atoms with Crippen LogP contribution in [0.2, 0.25) is 0 Å². The molecule has 0 aliphatic carbocycles. The van der Waals surface area contributed by atoms with Crippen LogP contribution in [0.4, 0.5) is 0 Å². The standard InChI is InChI=1S/C18H20O2/c1-13-7-9-15(10-8-13)12-18(3,17(19)20)16-6-4-5-14(2)11-16/h4-11H,12H2,1-3H3,(H,19,20). The van der Waals surface area contributed by atoms with E-state index in [4.69, 9.17) is 0 Å². The summed E-state index contributed by atoms with van der Waals surface area (Å²) in [6.45, 7) is 5.81. The topological polar surface area (TPSA) is 37.3 Å². The zero-order valence-corrected chi connectivity index (χ0v) is 12.2. The number of aliphatic carboxylic acids is 1. The normalized spacial score (nSPS) is 13.8. The molecule has 2 nitrogen and oxygen atoms in total. The fourth-order valence-corrected chi connectivity index (χ4v) is 2.40. The molecule has 2 rings (SSSR count). The van der Waals surface area contributed by atoms with Crippen molar-refractivity contribution < 1.29 is 9.90 Å². The van der Waals surface area contributed by atoms with Crippen LogP contribution in [0.15, 0.2) is 48.5 Å². The van der Waals surface area contributed by atoms with Gasteiger partial charge in [0.2, 0.25) is 0 Å². The molecule has 0 radical (unpaired) electrons. The first-order valence-corrected chi connectivity index (χ1v) is 6.78. The van der Waals surface area contributed by atoms with Crippen molar-refractivity contribution in [2.24, 2.45) is 0 Å². The minimum absolute atomic E-state index is 0.492. The summed E-state index contributed by atoms with van der Waals surface area (Å²) in [6.07, 6.45) is 0.492. The Morgan fingerprint density at radius 2 is 1.70 bits per heavy atom. The molecule has 0 amide bonds. The summed E-state index contributed by atoms with van der Waals surface area (Å²) in [5.74, 6) is -0.788. The Balaban J connectivity index is 2.39. The molecule has 0 saturated heterocycles. The number of rotatable bonds is 4. The Bertz CT molecular complexity index is 614. The fraction of sp³-hybridized carbons (Fsp3) is 0.278. The molecule has 20 heavy (non-hydrogen) atoms.